The third-order valence-electron chi connectivity index (χ3n) is 4.37. The minimum absolute atomic E-state index is 0.0865. The molecule has 3 rings (SSSR count). The fraction of sp³-hybridized carbons (Fsp3) is 0.136. The zero-order valence-corrected chi connectivity index (χ0v) is 16.8. The van der Waals surface area contributed by atoms with E-state index in [1.165, 1.54) is 0 Å². The molecule has 0 saturated carbocycles. The molecule has 2 N–H and O–H groups in total. The largest absolute Gasteiger partial charge is 0.497 e. The van der Waals surface area contributed by atoms with E-state index in [1.807, 2.05) is 67.6 Å². The summed E-state index contributed by atoms with van der Waals surface area (Å²) in [5, 5.41) is 7.91. The topological polar surface area (TPSA) is 33.3 Å². The van der Waals surface area contributed by atoms with Crippen molar-refractivity contribution in [2.75, 3.05) is 12.4 Å². The van der Waals surface area contributed by atoms with Crippen molar-refractivity contribution in [3.8, 4) is 5.75 Å². The zero-order valence-electron chi connectivity index (χ0n) is 15.2. The Morgan fingerprint density at radius 1 is 0.926 bits per heavy atom. The zero-order chi connectivity index (χ0) is 19.2. The van der Waals surface area contributed by atoms with E-state index in [2.05, 4.69) is 22.8 Å². The van der Waals surface area contributed by atoms with E-state index in [1.54, 1.807) is 7.11 Å². The maximum Gasteiger partial charge on any atom is 0.171 e. The van der Waals surface area contributed by atoms with Crippen LogP contribution in [0.3, 0.4) is 0 Å². The van der Waals surface area contributed by atoms with Gasteiger partial charge in [0.05, 0.1) is 13.2 Å². The van der Waals surface area contributed by atoms with Crippen LogP contribution in [0.2, 0.25) is 5.02 Å². The van der Waals surface area contributed by atoms with Crippen LogP contribution in [0.25, 0.3) is 0 Å². The molecule has 0 aliphatic heterocycles. The quantitative estimate of drug-likeness (QED) is 0.539. The molecule has 3 aromatic rings. The SMILES string of the molecule is COc1ccc([C@H](NC(=S)Nc2cccc(Cl)c2C)c2ccccc2)cc1. The predicted molar refractivity (Wildman–Crippen MR) is 117 cm³/mol. The molecule has 0 aliphatic carbocycles. The van der Waals surface area contributed by atoms with E-state index in [0.717, 1.165) is 28.1 Å². The normalized spacial score (nSPS) is 11.5. The second kappa shape index (κ2) is 8.89. The number of benzene rings is 3. The summed E-state index contributed by atoms with van der Waals surface area (Å²) in [4.78, 5) is 0. The molecular weight excluding hydrogens is 376 g/mol. The predicted octanol–water partition coefficient (Wildman–Crippen LogP) is 5.73. The lowest BCUT2D eigenvalue weighted by atomic mass is 9.99. The second-order valence-corrected chi connectivity index (χ2v) is 6.94. The van der Waals surface area contributed by atoms with Crippen molar-refractivity contribution in [1.82, 2.24) is 5.32 Å². The highest BCUT2D eigenvalue weighted by Crippen LogP contribution is 2.26. The molecule has 0 aromatic heterocycles. The fourth-order valence-electron chi connectivity index (χ4n) is 2.83. The Balaban J connectivity index is 1.84. The van der Waals surface area contributed by atoms with Gasteiger partial charge in [0, 0.05) is 10.7 Å². The minimum atomic E-state index is -0.0865. The Bertz CT molecular complexity index is 913. The van der Waals surface area contributed by atoms with Gasteiger partial charge in [0.15, 0.2) is 5.11 Å². The van der Waals surface area contributed by atoms with Crippen LogP contribution >= 0.6 is 23.8 Å². The van der Waals surface area contributed by atoms with E-state index in [0.29, 0.717) is 10.1 Å². The lowest BCUT2D eigenvalue weighted by Gasteiger charge is -2.23. The van der Waals surface area contributed by atoms with Crippen molar-refractivity contribution in [3.05, 3.63) is 94.5 Å². The van der Waals surface area contributed by atoms with Crippen molar-refractivity contribution >= 4 is 34.6 Å². The molecule has 3 aromatic carbocycles. The van der Waals surface area contributed by atoms with Crippen LogP contribution in [0.15, 0.2) is 72.8 Å². The highest BCUT2D eigenvalue weighted by atomic mass is 35.5. The van der Waals surface area contributed by atoms with E-state index in [9.17, 15) is 0 Å². The van der Waals surface area contributed by atoms with Gasteiger partial charge in [-0.25, -0.2) is 0 Å². The molecule has 0 heterocycles. The molecule has 0 radical (unpaired) electrons. The van der Waals surface area contributed by atoms with Crippen LogP contribution in [0.1, 0.15) is 22.7 Å². The van der Waals surface area contributed by atoms with Gasteiger partial charge in [-0.15, -0.1) is 0 Å². The van der Waals surface area contributed by atoms with Crippen molar-refractivity contribution in [1.29, 1.82) is 0 Å². The Hall–Kier alpha value is -2.56. The van der Waals surface area contributed by atoms with E-state index in [4.69, 9.17) is 28.6 Å². The number of methoxy groups -OCH3 is 1. The molecule has 0 unspecified atom stereocenters. The second-order valence-electron chi connectivity index (χ2n) is 6.13. The maximum absolute atomic E-state index is 6.21. The lowest BCUT2D eigenvalue weighted by Crippen LogP contribution is -2.33. The average molecular weight is 397 g/mol. The van der Waals surface area contributed by atoms with E-state index in [-0.39, 0.29) is 6.04 Å². The van der Waals surface area contributed by atoms with Gasteiger partial charge < -0.3 is 15.4 Å². The standard InChI is InChI=1S/C22H21ClN2OS/c1-15-19(23)9-6-10-20(15)24-22(27)25-21(16-7-4-3-5-8-16)17-11-13-18(26-2)14-12-17/h3-14,21H,1-2H3,(H2,24,25,27)/t21-/m1/s1. The molecule has 0 fully saturated rings. The molecule has 0 spiro atoms. The summed E-state index contributed by atoms with van der Waals surface area (Å²) in [6, 6.07) is 23.8. The Kier molecular flexibility index (Phi) is 6.32. The summed E-state index contributed by atoms with van der Waals surface area (Å²) < 4.78 is 5.27. The number of thiocarbonyl (C=S) groups is 1. The average Bonchev–Trinajstić information content (AvgIpc) is 2.70. The smallest absolute Gasteiger partial charge is 0.171 e. The third-order valence-corrected chi connectivity index (χ3v) is 5.00. The number of rotatable bonds is 5. The summed E-state index contributed by atoms with van der Waals surface area (Å²) in [7, 11) is 1.66. The van der Waals surface area contributed by atoms with Crippen molar-refractivity contribution < 1.29 is 4.74 Å². The summed E-state index contributed by atoms with van der Waals surface area (Å²) in [5.74, 6) is 0.820. The number of halogens is 1. The van der Waals surface area contributed by atoms with Gasteiger partial charge >= 0.3 is 0 Å². The molecular formula is C22H21ClN2OS. The van der Waals surface area contributed by atoms with Crippen LogP contribution in [0.5, 0.6) is 5.75 Å². The van der Waals surface area contributed by atoms with Crippen molar-refractivity contribution in [2.45, 2.75) is 13.0 Å². The highest BCUT2D eigenvalue weighted by Gasteiger charge is 2.16. The van der Waals surface area contributed by atoms with Gasteiger partial charge in [0.2, 0.25) is 0 Å². The van der Waals surface area contributed by atoms with Gasteiger partial charge in [-0.3, -0.25) is 0 Å². The highest BCUT2D eigenvalue weighted by molar-refractivity contribution is 7.80. The number of hydrogen-bond acceptors (Lipinski definition) is 2. The number of hydrogen-bond donors (Lipinski definition) is 2. The first kappa shape index (κ1) is 19.2. The Morgan fingerprint density at radius 3 is 2.26 bits per heavy atom. The summed E-state index contributed by atoms with van der Waals surface area (Å²) in [6.07, 6.45) is 0. The third kappa shape index (κ3) is 4.79. The molecule has 3 nitrogen and oxygen atoms in total. The molecule has 5 heteroatoms. The molecule has 138 valence electrons. The summed E-state index contributed by atoms with van der Waals surface area (Å²) in [5.41, 5.74) is 4.06. The number of ether oxygens (including phenoxy) is 1. The molecule has 0 amide bonds. The molecule has 0 aliphatic rings. The first-order chi connectivity index (χ1) is 13.1. The van der Waals surface area contributed by atoms with Gasteiger partial charge in [-0.1, -0.05) is 60.1 Å². The van der Waals surface area contributed by atoms with E-state index < -0.39 is 0 Å². The van der Waals surface area contributed by atoms with Gasteiger partial charge in [-0.05, 0) is 60.1 Å². The fourth-order valence-corrected chi connectivity index (χ4v) is 3.24. The number of anilines is 1. The van der Waals surface area contributed by atoms with E-state index >= 15 is 0 Å². The van der Waals surface area contributed by atoms with Gasteiger partial charge in [0.1, 0.15) is 5.75 Å². The molecule has 27 heavy (non-hydrogen) atoms. The van der Waals surface area contributed by atoms with Crippen LogP contribution in [0, 0.1) is 6.92 Å². The maximum atomic E-state index is 6.21. The molecule has 0 bridgehead atoms. The van der Waals surface area contributed by atoms with Crippen molar-refractivity contribution in [3.63, 3.8) is 0 Å². The first-order valence-corrected chi connectivity index (χ1v) is 9.38. The summed E-state index contributed by atoms with van der Waals surface area (Å²) >= 11 is 11.8. The van der Waals surface area contributed by atoms with Gasteiger partial charge in [-0.2, -0.15) is 0 Å². The van der Waals surface area contributed by atoms with Crippen LogP contribution in [-0.4, -0.2) is 12.2 Å². The lowest BCUT2D eigenvalue weighted by molar-refractivity contribution is 0.414. The molecule has 0 saturated heterocycles. The summed E-state index contributed by atoms with van der Waals surface area (Å²) in [6.45, 7) is 1.96. The van der Waals surface area contributed by atoms with Crippen LogP contribution < -0.4 is 15.4 Å². The van der Waals surface area contributed by atoms with Crippen LogP contribution in [-0.2, 0) is 0 Å². The minimum Gasteiger partial charge on any atom is -0.497 e. The van der Waals surface area contributed by atoms with Crippen molar-refractivity contribution in [2.24, 2.45) is 0 Å². The Labute approximate surface area is 170 Å². The number of nitrogens with one attached hydrogen (secondary N) is 2. The monoisotopic (exact) mass is 396 g/mol. The Morgan fingerprint density at radius 2 is 1.59 bits per heavy atom. The van der Waals surface area contributed by atoms with Crippen LogP contribution in [0.4, 0.5) is 5.69 Å². The first-order valence-electron chi connectivity index (χ1n) is 8.60. The van der Waals surface area contributed by atoms with Gasteiger partial charge in [0.25, 0.3) is 0 Å². The molecule has 1 atom stereocenters.